The third kappa shape index (κ3) is 1.74. The lowest BCUT2D eigenvalue weighted by Crippen LogP contribution is -1.98. The second-order valence-corrected chi connectivity index (χ2v) is 2.35. The lowest BCUT2D eigenvalue weighted by atomic mass is 10.1. The summed E-state index contributed by atoms with van der Waals surface area (Å²) in [6, 6.07) is 3.36. The summed E-state index contributed by atoms with van der Waals surface area (Å²) in [5.74, 6) is -0.0209. The molecular weight excluding hydrogens is 138 g/mol. The number of aromatic nitrogens is 1. The van der Waals surface area contributed by atoms with Crippen molar-refractivity contribution in [2.45, 2.75) is 6.92 Å². The molecule has 0 saturated heterocycles. The fourth-order valence-corrected chi connectivity index (χ4v) is 0.750. The highest BCUT2D eigenvalue weighted by Gasteiger charge is 2.03. The van der Waals surface area contributed by atoms with Crippen molar-refractivity contribution in [3.8, 4) is 0 Å². The molecule has 1 aromatic rings. The van der Waals surface area contributed by atoms with Crippen molar-refractivity contribution in [3.05, 3.63) is 42.2 Å². The fourth-order valence-electron chi connectivity index (χ4n) is 0.750. The van der Waals surface area contributed by atoms with E-state index in [2.05, 4.69) is 11.6 Å². The molecule has 56 valence electrons. The number of hydrogen-bond acceptors (Lipinski definition) is 2. The topological polar surface area (TPSA) is 30.0 Å². The SMILES string of the molecule is C=C(C)C(=O)c1ccncc1. The highest BCUT2D eigenvalue weighted by atomic mass is 16.1. The number of ketones is 1. The van der Waals surface area contributed by atoms with E-state index in [0.717, 1.165) is 0 Å². The zero-order chi connectivity index (χ0) is 8.27. The van der Waals surface area contributed by atoms with Crippen LogP contribution in [0.3, 0.4) is 0 Å². The molecule has 1 heterocycles. The predicted molar refractivity (Wildman–Crippen MR) is 43.4 cm³/mol. The van der Waals surface area contributed by atoms with Crippen molar-refractivity contribution >= 4 is 5.78 Å². The first-order valence-corrected chi connectivity index (χ1v) is 3.32. The Balaban J connectivity index is 2.95. The second-order valence-electron chi connectivity index (χ2n) is 2.35. The maximum absolute atomic E-state index is 11.2. The average Bonchev–Trinajstić information content (AvgIpc) is 2.05. The van der Waals surface area contributed by atoms with E-state index in [0.29, 0.717) is 11.1 Å². The zero-order valence-corrected chi connectivity index (χ0v) is 6.37. The van der Waals surface area contributed by atoms with Gasteiger partial charge >= 0.3 is 0 Å². The third-order valence-electron chi connectivity index (χ3n) is 1.33. The minimum absolute atomic E-state index is 0.0209. The number of hydrogen-bond donors (Lipinski definition) is 0. The fraction of sp³-hybridized carbons (Fsp3) is 0.111. The van der Waals surface area contributed by atoms with Gasteiger partial charge in [0.2, 0.25) is 0 Å². The lowest BCUT2D eigenvalue weighted by Gasteiger charge is -1.96. The van der Waals surface area contributed by atoms with Gasteiger partial charge in [-0.3, -0.25) is 9.78 Å². The van der Waals surface area contributed by atoms with Crippen LogP contribution >= 0.6 is 0 Å². The monoisotopic (exact) mass is 147 g/mol. The number of allylic oxidation sites excluding steroid dienone is 1. The molecule has 0 aliphatic heterocycles. The van der Waals surface area contributed by atoms with Gasteiger partial charge in [-0.1, -0.05) is 6.58 Å². The molecule has 11 heavy (non-hydrogen) atoms. The smallest absolute Gasteiger partial charge is 0.188 e. The number of rotatable bonds is 2. The second kappa shape index (κ2) is 3.10. The van der Waals surface area contributed by atoms with E-state index in [4.69, 9.17) is 0 Å². The van der Waals surface area contributed by atoms with Crippen molar-refractivity contribution in [2.75, 3.05) is 0 Å². The van der Waals surface area contributed by atoms with E-state index in [1.165, 1.54) is 0 Å². The van der Waals surface area contributed by atoms with Gasteiger partial charge in [-0.25, -0.2) is 0 Å². The quantitative estimate of drug-likeness (QED) is 0.472. The van der Waals surface area contributed by atoms with Crippen LogP contribution in [-0.2, 0) is 0 Å². The van der Waals surface area contributed by atoms with Gasteiger partial charge in [0.1, 0.15) is 0 Å². The number of pyridine rings is 1. The van der Waals surface area contributed by atoms with Gasteiger partial charge in [-0.2, -0.15) is 0 Å². The number of carbonyl (C=O) groups excluding carboxylic acids is 1. The van der Waals surface area contributed by atoms with Gasteiger partial charge in [0.25, 0.3) is 0 Å². The normalized spacial score (nSPS) is 9.18. The van der Waals surface area contributed by atoms with Crippen LogP contribution in [0, 0.1) is 0 Å². The molecule has 0 amide bonds. The van der Waals surface area contributed by atoms with Crippen LogP contribution in [0.4, 0.5) is 0 Å². The van der Waals surface area contributed by atoms with Gasteiger partial charge in [0.15, 0.2) is 5.78 Å². The first-order valence-electron chi connectivity index (χ1n) is 3.32. The van der Waals surface area contributed by atoms with Crippen molar-refractivity contribution in [2.24, 2.45) is 0 Å². The largest absolute Gasteiger partial charge is 0.289 e. The zero-order valence-electron chi connectivity index (χ0n) is 6.37. The number of Topliss-reactive ketones (excluding diaryl/α,β-unsaturated/α-hetero) is 1. The standard InChI is InChI=1S/C9H9NO/c1-7(2)9(11)8-3-5-10-6-4-8/h3-6H,1H2,2H3. The highest BCUT2D eigenvalue weighted by molar-refractivity contribution is 6.07. The van der Waals surface area contributed by atoms with Gasteiger partial charge in [0.05, 0.1) is 0 Å². The summed E-state index contributed by atoms with van der Waals surface area (Å²) in [6.07, 6.45) is 3.19. The van der Waals surface area contributed by atoms with E-state index in [1.54, 1.807) is 31.5 Å². The summed E-state index contributed by atoms with van der Waals surface area (Å²) in [4.78, 5) is 15.0. The van der Waals surface area contributed by atoms with Crippen LogP contribution in [-0.4, -0.2) is 10.8 Å². The Hall–Kier alpha value is -1.44. The molecule has 0 radical (unpaired) electrons. The summed E-state index contributed by atoms with van der Waals surface area (Å²) >= 11 is 0. The molecule has 1 rings (SSSR count). The molecule has 0 spiro atoms. The minimum Gasteiger partial charge on any atom is -0.289 e. The Bertz CT molecular complexity index is 277. The third-order valence-corrected chi connectivity index (χ3v) is 1.33. The lowest BCUT2D eigenvalue weighted by molar-refractivity contribution is 0.103. The molecule has 0 fully saturated rings. The molecule has 0 aliphatic carbocycles. The van der Waals surface area contributed by atoms with E-state index < -0.39 is 0 Å². The number of nitrogens with zero attached hydrogens (tertiary/aromatic N) is 1. The Morgan fingerprint density at radius 3 is 2.45 bits per heavy atom. The molecule has 0 aliphatic rings. The molecule has 0 bridgehead atoms. The first-order chi connectivity index (χ1) is 5.22. The minimum atomic E-state index is -0.0209. The molecule has 2 nitrogen and oxygen atoms in total. The molecule has 2 heteroatoms. The van der Waals surface area contributed by atoms with Crippen LogP contribution in [0.1, 0.15) is 17.3 Å². The van der Waals surface area contributed by atoms with Crippen molar-refractivity contribution in [1.29, 1.82) is 0 Å². The predicted octanol–water partition coefficient (Wildman–Crippen LogP) is 1.84. The Kier molecular flexibility index (Phi) is 2.16. The highest BCUT2D eigenvalue weighted by Crippen LogP contribution is 2.03. The van der Waals surface area contributed by atoms with Crippen LogP contribution in [0.15, 0.2) is 36.7 Å². The van der Waals surface area contributed by atoms with E-state index >= 15 is 0 Å². The van der Waals surface area contributed by atoms with E-state index in [-0.39, 0.29) is 5.78 Å². The summed E-state index contributed by atoms with van der Waals surface area (Å²) in [5.41, 5.74) is 1.20. The van der Waals surface area contributed by atoms with Gasteiger partial charge in [0, 0.05) is 18.0 Å². The van der Waals surface area contributed by atoms with Crippen molar-refractivity contribution in [1.82, 2.24) is 4.98 Å². The molecule has 1 aromatic heterocycles. The molecular formula is C9H9NO. The van der Waals surface area contributed by atoms with Crippen molar-refractivity contribution in [3.63, 3.8) is 0 Å². The Morgan fingerprint density at radius 1 is 1.45 bits per heavy atom. The molecule has 0 aromatic carbocycles. The van der Waals surface area contributed by atoms with Gasteiger partial charge < -0.3 is 0 Å². The Morgan fingerprint density at radius 2 is 2.00 bits per heavy atom. The maximum Gasteiger partial charge on any atom is 0.188 e. The van der Waals surface area contributed by atoms with Crippen LogP contribution in [0.25, 0.3) is 0 Å². The van der Waals surface area contributed by atoms with E-state index in [1.807, 2.05) is 0 Å². The molecule has 0 atom stereocenters. The summed E-state index contributed by atoms with van der Waals surface area (Å²) in [5, 5.41) is 0. The van der Waals surface area contributed by atoms with Crippen LogP contribution < -0.4 is 0 Å². The maximum atomic E-state index is 11.2. The Labute approximate surface area is 65.6 Å². The average molecular weight is 147 g/mol. The summed E-state index contributed by atoms with van der Waals surface area (Å²) < 4.78 is 0. The van der Waals surface area contributed by atoms with Crippen LogP contribution in [0.2, 0.25) is 0 Å². The summed E-state index contributed by atoms with van der Waals surface area (Å²) in [6.45, 7) is 5.26. The summed E-state index contributed by atoms with van der Waals surface area (Å²) in [7, 11) is 0. The van der Waals surface area contributed by atoms with Crippen LogP contribution in [0.5, 0.6) is 0 Å². The molecule has 0 N–H and O–H groups in total. The number of carbonyl (C=O) groups is 1. The molecule has 0 saturated carbocycles. The van der Waals surface area contributed by atoms with Gasteiger partial charge in [-0.15, -0.1) is 0 Å². The first kappa shape index (κ1) is 7.66. The van der Waals surface area contributed by atoms with E-state index in [9.17, 15) is 4.79 Å². The van der Waals surface area contributed by atoms with Crippen molar-refractivity contribution < 1.29 is 4.79 Å². The van der Waals surface area contributed by atoms with Gasteiger partial charge in [-0.05, 0) is 24.6 Å². The molecule has 0 unspecified atom stereocenters.